The quantitative estimate of drug-likeness (QED) is 0.205. The number of fused-ring (bicyclic) bond motifs is 11. The first-order valence-corrected chi connectivity index (χ1v) is 15.7. The van der Waals surface area contributed by atoms with Gasteiger partial charge in [0.15, 0.2) is 0 Å². The molecule has 0 atom stereocenters. The van der Waals surface area contributed by atoms with E-state index in [1.54, 1.807) is 11.3 Å². The van der Waals surface area contributed by atoms with E-state index in [0.29, 0.717) is 5.95 Å². The molecule has 0 saturated heterocycles. The minimum Gasteiger partial charge on any atom is -0.278 e. The highest BCUT2D eigenvalue weighted by atomic mass is 32.1. The predicted octanol–water partition coefficient (Wildman–Crippen LogP) is 11.1. The first kappa shape index (κ1) is 23.9. The van der Waals surface area contributed by atoms with E-state index >= 15 is 0 Å². The van der Waals surface area contributed by atoms with E-state index in [1.165, 1.54) is 47.8 Å². The second kappa shape index (κ2) is 8.96. The normalized spacial score (nSPS) is 12.1. The van der Waals surface area contributed by atoms with Gasteiger partial charge < -0.3 is 0 Å². The molecule has 0 aliphatic heterocycles. The first-order chi connectivity index (χ1) is 21.8. The Labute approximate surface area is 256 Å². The molecule has 3 heterocycles. The van der Waals surface area contributed by atoms with Crippen LogP contribution >= 0.6 is 11.3 Å². The Morgan fingerprint density at radius 3 is 1.75 bits per heavy atom. The zero-order valence-electron chi connectivity index (χ0n) is 23.5. The monoisotopic (exact) mass is 577 g/mol. The molecule has 0 aliphatic carbocycles. The number of thiophene rings is 1. The van der Waals surface area contributed by atoms with Crippen molar-refractivity contribution in [3.63, 3.8) is 0 Å². The minimum atomic E-state index is 0.690. The fraction of sp³-hybridized carbons (Fsp3) is 0. The third-order valence-electron chi connectivity index (χ3n) is 8.98. The molecule has 0 saturated carbocycles. The molecule has 0 fully saturated rings. The van der Waals surface area contributed by atoms with Gasteiger partial charge in [-0.05, 0) is 56.6 Å². The summed E-state index contributed by atoms with van der Waals surface area (Å²) in [6.45, 7) is 0. The fourth-order valence-electron chi connectivity index (χ4n) is 6.97. The summed E-state index contributed by atoms with van der Waals surface area (Å²) < 4.78 is 4.61. The lowest BCUT2D eigenvalue weighted by molar-refractivity contribution is 1.02. The van der Waals surface area contributed by atoms with Crippen molar-refractivity contribution in [2.75, 3.05) is 0 Å². The second-order valence-electron chi connectivity index (χ2n) is 11.4. The maximum absolute atomic E-state index is 5.44. The van der Waals surface area contributed by atoms with Crippen LogP contribution in [-0.2, 0) is 0 Å². The molecule has 0 amide bonds. The molecule has 0 spiro atoms. The molecule has 204 valence electrons. The Kier molecular flexibility index (Phi) is 4.87. The van der Waals surface area contributed by atoms with Crippen LogP contribution in [0.25, 0.3) is 91.6 Å². The standard InChI is InChI=1S/C40H23N3S/c1-2-12-27-23-28(18-17-24(27)9-1)37-39-38(31-15-7-8-16-34(31)44-39)42-40(41-37)43-32-21-19-25-10-3-5-13-29(25)35(32)36-30-14-6-4-11-26(30)20-22-33(36)43/h1-23H. The zero-order valence-corrected chi connectivity index (χ0v) is 24.3. The lowest BCUT2D eigenvalue weighted by Gasteiger charge is -2.11. The van der Waals surface area contributed by atoms with Crippen molar-refractivity contribution in [2.24, 2.45) is 0 Å². The summed E-state index contributed by atoms with van der Waals surface area (Å²) in [7, 11) is 0. The Morgan fingerprint density at radius 1 is 0.477 bits per heavy atom. The Hall–Kier alpha value is -5.58. The van der Waals surface area contributed by atoms with E-state index in [2.05, 4.69) is 144 Å². The van der Waals surface area contributed by atoms with Gasteiger partial charge in [0, 0.05) is 26.4 Å². The van der Waals surface area contributed by atoms with Gasteiger partial charge in [-0.2, -0.15) is 0 Å². The molecule has 0 bridgehead atoms. The fourth-order valence-corrected chi connectivity index (χ4v) is 8.13. The number of hydrogen-bond donors (Lipinski definition) is 0. The van der Waals surface area contributed by atoms with Crippen molar-refractivity contribution in [1.82, 2.24) is 14.5 Å². The second-order valence-corrected chi connectivity index (χ2v) is 12.5. The molecular weight excluding hydrogens is 555 g/mol. The van der Waals surface area contributed by atoms with Crippen molar-refractivity contribution < 1.29 is 0 Å². The third kappa shape index (κ3) is 3.31. The molecule has 10 aromatic rings. The van der Waals surface area contributed by atoms with Gasteiger partial charge in [0.05, 0.1) is 26.9 Å². The molecule has 44 heavy (non-hydrogen) atoms. The average molecular weight is 578 g/mol. The number of rotatable bonds is 2. The van der Waals surface area contributed by atoms with Crippen molar-refractivity contribution >= 4 is 85.8 Å². The molecule has 0 aliphatic rings. The van der Waals surface area contributed by atoms with E-state index in [-0.39, 0.29) is 0 Å². The van der Waals surface area contributed by atoms with Gasteiger partial charge in [0.2, 0.25) is 5.95 Å². The lowest BCUT2D eigenvalue weighted by atomic mass is 10.00. The van der Waals surface area contributed by atoms with Gasteiger partial charge in [0.1, 0.15) is 0 Å². The van der Waals surface area contributed by atoms with E-state index in [4.69, 9.17) is 9.97 Å². The lowest BCUT2D eigenvalue weighted by Crippen LogP contribution is -2.02. The predicted molar refractivity (Wildman–Crippen MR) is 187 cm³/mol. The van der Waals surface area contributed by atoms with Gasteiger partial charge in [-0.25, -0.2) is 9.97 Å². The van der Waals surface area contributed by atoms with Gasteiger partial charge in [0.25, 0.3) is 0 Å². The zero-order chi connectivity index (χ0) is 28.8. The summed E-state index contributed by atoms with van der Waals surface area (Å²) in [5.74, 6) is 0.690. The van der Waals surface area contributed by atoms with Gasteiger partial charge in [-0.15, -0.1) is 11.3 Å². The maximum atomic E-state index is 5.44. The third-order valence-corrected chi connectivity index (χ3v) is 10.1. The molecule has 3 nitrogen and oxygen atoms in total. The molecular formula is C40H23N3S. The van der Waals surface area contributed by atoms with Crippen LogP contribution in [0.2, 0.25) is 0 Å². The van der Waals surface area contributed by atoms with E-state index < -0.39 is 0 Å². The van der Waals surface area contributed by atoms with Crippen LogP contribution in [0.3, 0.4) is 0 Å². The van der Waals surface area contributed by atoms with Crippen LogP contribution in [0.5, 0.6) is 0 Å². The summed E-state index contributed by atoms with van der Waals surface area (Å²) in [5.41, 5.74) is 5.28. The maximum Gasteiger partial charge on any atom is 0.235 e. The number of aromatic nitrogens is 3. The molecule has 0 unspecified atom stereocenters. The molecule has 10 rings (SSSR count). The van der Waals surface area contributed by atoms with Crippen LogP contribution in [-0.4, -0.2) is 14.5 Å². The largest absolute Gasteiger partial charge is 0.278 e. The summed E-state index contributed by atoms with van der Waals surface area (Å²) in [6, 6.07) is 50.0. The summed E-state index contributed by atoms with van der Waals surface area (Å²) >= 11 is 1.77. The minimum absolute atomic E-state index is 0.690. The Morgan fingerprint density at radius 2 is 1.05 bits per heavy atom. The van der Waals surface area contributed by atoms with Crippen molar-refractivity contribution in [3.05, 3.63) is 140 Å². The summed E-state index contributed by atoms with van der Waals surface area (Å²) in [6.07, 6.45) is 0. The molecule has 3 aromatic heterocycles. The summed E-state index contributed by atoms with van der Waals surface area (Å²) in [5, 5.41) is 11.0. The average Bonchev–Trinajstić information content (AvgIpc) is 3.64. The number of benzene rings is 7. The first-order valence-electron chi connectivity index (χ1n) is 14.8. The highest BCUT2D eigenvalue weighted by molar-refractivity contribution is 7.26. The van der Waals surface area contributed by atoms with Crippen LogP contribution in [0.15, 0.2) is 140 Å². The SMILES string of the molecule is c1ccc2cc(-c3nc(-n4c5ccc6ccccc6c5c5c6ccccc6ccc54)nc4c3sc3ccccc34)ccc2c1. The number of hydrogen-bond acceptors (Lipinski definition) is 3. The molecule has 7 aromatic carbocycles. The smallest absolute Gasteiger partial charge is 0.235 e. The van der Waals surface area contributed by atoms with Gasteiger partial charge in [-0.1, -0.05) is 115 Å². The van der Waals surface area contributed by atoms with Crippen molar-refractivity contribution in [2.45, 2.75) is 0 Å². The van der Waals surface area contributed by atoms with Crippen LogP contribution < -0.4 is 0 Å². The van der Waals surface area contributed by atoms with Crippen molar-refractivity contribution in [1.29, 1.82) is 0 Å². The van der Waals surface area contributed by atoms with Gasteiger partial charge >= 0.3 is 0 Å². The van der Waals surface area contributed by atoms with E-state index in [1.807, 2.05) is 0 Å². The molecule has 0 N–H and O–H groups in total. The van der Waals surface area contributed by atoms with E-state index in [0.717, 1.165) is 37.9 Å². The van der Waals surface area contributed by atoms with Gasteiger partial charge in [-0.3, -0.25) is 4.57 Å². The highest BCUT2D eigenvalue weighted by Crippen LogP contribution is 2.43. The Balaban J connectivity index is 1.39. The summed E-state index contributed by atoms with van der Waals surface area (Å²) in [4.78, 5) is 10.8. The Bertz CT molecular complexity index is 2690. The van der Waals surface area contributed by atoms with Crippen LogP contribution in [0, 0.1) is 0 Å². The van der Waals surface area contributed by atoms with Crippen molar-refractivity contribution in [3.8, 4) is 17.2 Å². The molecule has 0 radical (unpaired) electrons. The molecule has 4 heteroatoms. The number of nitrogens with zero attached hydrogens (tertiary/aromatic N) is 3. The topological polar surface area (TPSA) is 30.7 Å². The van der Waals surface area contributed by atoms with Crippen LogP contribution in [0.1, 0.15) is 0 Å². The van der Waals surface area contributed by atoms with Crippen LogP contribution in [0.4, 0.5) is 0 Å². The highest BCUT2D eigenvalue weighted by Gasteiger charge is 2.22. The van der Waals surface area contributed by atoms with E-state index in [9.17, 15) is 0 Å².